The topological polar surface area (TPSA) is 129 Å². The van der Waals surface area contributed by atoms with Crippen LogP contribution in [0.5, 0.6) is 0 Å². The summed E-state index contributed by atoms with van der Waals surface area (Å²) in [5.41, 5.74) is 11.3. The smallest absolute Gasteiger partial charge is 0.321 e. The van der Waals surface area contributed by atoms with Crippen LogP contribution in [0.3, 0.4) is 0 Å². The number of aromatic nitrogens is 3. The molecule has 3 aliphatic rings. The van der Waals surface area contributed by atoms with E-state index < -0.39 is 11.9 Å². The molecule has 3 aromatic heterocycles. The molecule has 1 saturated heterocycles. The van der Waals surface area contributed by atoms with Crippen LogP contribution in [-0.2, 0) is 25.5 Å². The summed E-state index contributed by atoms with van der Waals surface area (Å²) in [6, 6.07) is 0. The number of nitrogens with one attached hydrogen (secondary N) is 4. The summed E-state index contributed by atoms with van der Waals surface area (Å²) in [5, 5.41) is 5.65. The van der Waals surface area contributed by atoms with Gasteiger partial charge in [0.25, 0.3) is 0 Å². The largest absolute Gasteiger partial charge is 0.468 e. The molecule has 0 saturated carbocycles. The first-order chi connectivity index (χ1) is 25.4. The van der Waals surface area contributed by atoms with Gasteiger partial charge in [0.05, 0.1) is 19.4 Å². The predicted molar refractivity (Wildman–Crippen MR) is 211 cm³/mol. The Kier molecular flexibility index (Phi) is 11.2. The molecule has 3 aromatic rings. The molecule has 5 heterocycles. The maximum Gasteiger partial charge on any atom is 0.321 e. The fourth-order valence-corrected chi connectivity index (χ4v) is 8.61. The lowest BCUT2D eigenvalue weighted by molar-refractivity contribution is -0.144. The molecule has 0 amide bonds. The van der Waals surface area contributed by atoms with Crippen molar-refractivity contribution in [2.45, 2.75) is 99.8 Å². The molecule has 53 heavy (non-hydrogen) atoms. The normalized spacial score (nSPS) is 23.0. The summed E-state index contributed by atoms with van der Waals surface area (Å²) in [5.74, 6) is -2.01. The van der Waals surface area contributed by atoms with Crippen molar-refractivity contribution in [1.29, 1.82) is 0 Å². The maximum atomic E-state index is 14.3. The van der Waals surface area contributed by atoms with Gasteiger partial charge in [-0.05, 0) is 86.4 Å². The lowest BCUT2D eigenvalue weighted by Crippen LogP contribution is -2.25. The van der Waals surface area contributed by atoms with Crippen LogP contribution in [0.4, 0.5) is 0 Å². The van der Waals surface area contributed by atoms with Gasteiger partial charge < -0.3 is 29.7 Å². The fraction of sp³-hybridized carbons (Fsp3) is 0.477. The standard InChI is InChI=1S/C44H56N4O5/c1-10-13-14-15-23(4)18-19-53-37(49)17-16-30-26(7)33-20-31-24(5)28(11-2)35(45-31)21-32-25(6)29(12-3)36(46-32)22-34-27(8)38-42(48-34)39(41(30)47-33)40(43(38)50)44(51)52-9/h11,20-23,26,30,40,45-48H,2,10,12-19H2,1,3-9H3/b32-21-,33-20-,36-22-,41-39-/t23?,26-,30-,40+/m0/s1. The molecular formula is C44H56N4O5. The number of ketones is 1. The number of Topliss-reactive ketones (excluding diaryl/α,β-unsaturated/α-hetero) is 1. The predicted octanol–water partition coefficient (Wildman–Crippen LogP) is 7.30. The molecule has 0 radical (unpaired) electrons. The Morgan fingerprint density at radius 2 is 1.68 bits per heavy atom. The molecular weight excluding hydrogens is 665 g/mol. The van der Waals surface area contributed by atoms with Gasteiger partial charge in [-0.1, -0.05) is 66.0 Å². The van der Waals surface area contributed by atoms with Crippen LogP contribution in [0.1, 0.15) is 134 Å². The molecule has 4 N–H and O–H groups in total. The van der Waals surface area contributed by atoms with Crippen LogP contribution in [0.15, 0.2) is 18.0 Å². The summed E-state index contributed by atoms with van der Waals surface area (Å²) >= 11 is 0. The first-order valence-corrected chi connectivity index (χ1v) is 19.4. The molecule has 9 nitrogen and oxygen atoms in total. The fourth-order valence-electron chi connectivity index (χ4n) is 8.61. The second kappa shape index (κ2) is 15.7. The van der Waals surface area contributed by atoms with Crippen LogP contribution in [0, 0.1) is 44.4 Å². The molecule has 6 rings (SSSR count). The van der Waals surface area contributed by atoms with Crippen molar-refractivity contribution >= 4 is 47.6 Å². The number of ether oxygens (including phenoxy) is 2. The zero-order valence-electron chi connectivity index (χ0n) is 32.7. The van der Waals surface area contributed by atoms with Crippen molar-refractivity contribution in [2.75, 3.05) is 13.7 Å². The summed E-state index contributed by atoms with van der Waals surface area (Å²) in [6.45, 7) is 19.4. The Morgan fingerprint density at radius 3 is 2.38 bits per heavy atom. The molecule has 1 aliphatic carbocycles. The monoisotopic (exact) mass is 720 g/mol. The first-order valence-electron chi connectivity index (χ1n) is 19.4. The quantitative estimate of drug-likeness (QED) is 0.0834. The number of carbonyl (C=O) groups is 3. The van der Waals surface area contributed by atoms with E-state index in [0.717, 1.165) is 80.7 Å². The number of unbranched alkanes of at least 4 members (excludes halogenated alkanes) is 2. The molecule has 1 fully saturated rings. The van der Waals surface area contributed by atoms with Crippen molar-refractivity contribution in [3.05, 3.63) is 84.8 Å². The van der Waals surface area contributed by atoms with Crippen LogP contribution < -0.4 is 16.0 Å². The maximum absolute atomic E-state index is 14.3. The van der Waals surface area contributed by atoms with E-state index in [0.29, 0.717) is 35.8 Å². The van der Waals surface area contributed by atoms with E-state index in [1.165, 1.54) is 31.9 Å². The van der Waals surface area contributed by atoms with Crippen LogP contribution in [0.25, 0.3) is 29.9 Å². The second-order valence-electron chi connectivity index (χ2n) is 15.2. The molecule has 0 aromatic carbocycles. The van der Waals surface area contributed by atoms with E-state index in [1.807, 2.05) is 13.0 Å². The van der Waals surface area contributed by atoms with Gasteiger partial charge in [-0.2, -0.15) is 0 Å². The lowest BCUT2D eigenvalue weighted by Gasteiger charge is -2.20. The number of hydrogen-bond donors (Lipinski definition) is 4. The highest BCUT2D eigenvalue weighted by Crippen LogP contribution is 2.48. The third kappa shape index (κ3) is 7.02. The summed E-state index contributed by atoms with van der Waals surface area (Å²) < 4.78 is 11.0. The minimum absolute atomic E-state index is 0.0682. The summed E-state index contributed by atoms with van der Waals surface area (Å²) in [6.07, 6.45) is 15.3. The number of carbonyl (C=O) groups excluding carboxylic acids is 3. The number of rotatable bonds is 13. The molecule has 9 heteroatoms. The van der Waals surface area contributed by atoms with Gasteiger partial charge >= 0.3 is 11.9 Å². The zero-order valence-corrected chi connectivity index (χ0v) is 32.7. The Morgan fingerprint density at radius 1 is 0.943 bits per heavy atom. The minimum atomic E-state index is -1.13. The van der Waals surface area contributed by atoms with E-state index in [4.69, 9.17) is 9.47 Å². The Hall–Kier alpha value is -4.79. The molecule has 8 bridgehead atoms. The van der Waals surface area contributed by atoms with Gasteiger partial charge in [-0.3, -0.25) is 14.4 Å². The van der Waals surface area contributed by atoms with Crippen molar-refractivity contribution in [3.8, 4) is 0 Å². The lowest BCUT2D eigenvalue weighted by atomic mass is 9.85. The molecule has 4 atom stereocenters. The number of H-pyrrole nitrogens is 3. The van der Waals surface area contributed by atoms with Crippen molar-refractivity contribution < 1.29 is 23.9 Å². The third-order valence-corrected chi connectivity index (χ3v) is 11.9. The van der Waals surface area contributed by atoms with Crippen molar-refractivity contribution in [3.63, 3.8) is 0 Å². The van der Waals surface area contributed by atoms with Gasteiger partial charge in [0.1, 0.15) is 5.92 Å². The van der Waals surface area contributed by atoms with Gasteiger partial charge in [0, 0.05) is 74.1 Å². The van der Waals surface area contributed by atoms with Crippen LogP contribution >= 0.6 is 0 Å². The van der Waals surface area contributed by atoms with Crippen molar-refractivity contribution in [2.24, 2.45) is 23.7 Å². The zero-order chi connectivity index (χ0) is 38.1. The highest BCUT2D eigenvalue weighted by molar-refractivity contribution is 6.24. The second-order valence-corrected chi connectivity index (χ2v) is 15.2. The third-order valence-electron chi connectivity index (χ3n) is 11.9. The van der Waals surface area contributed by atoms with Crippen LogP contribution in [0.2, 0.25) is 0 Å². The average Bonchev–Trinajstić information content (AvgIpc) is 3.87. The van der Waals surface area contributed by atoms with Gasteiger partial charge in [-0.25, -0.2) is 0 Å². The highest BCUT2D eigenvalue weighted by atomic mass is 16.5. The number of aromatic amines is 3. The number of methoxy groups -OCH3 is 1. The van der Waals surface area contributed by atoms with Crippen molar-refractivity contribution in [1.82, 2.24) is 20.3 Å². The van der Waals surface area contributed by atoms with E-state index >= 15 is 0 Å². The Labute approximate surface area is 313 Å². The molecule has 0 spiro atoms. The van der Waals surface area contributed by atoms with E-state index in [-0.39, 0.29) is 30.0 Å². The molecule has 1 unspecified atom stereocenters. The van der Waals surface area contributed by atoms with Gasteiger partial charge in [0.15, 0.2) is 5.78 Å². The molecule has 2 aliphatic heterocycles. The van der Waals surface area contributed by atoms with Crippen LogP contribution in [-0.4, -0.2) is 46.4 Å². The number of allylic oxidation sites excluding steroid dienone is 2. The average molecular weight is 721 g/mol. The Bertz CT molecular complexity index is 2140. The number of hydrogen-bond acceptors (Lipinski definition) is 6. The first kappa shape index (κ1) is 38.0. The number of esters is 2. The highest BCUT2D eigenvalue weighted by Gasteiger charge is 2.48. The van der Waals surface area contributed by atoms with Gasteiger partial charge in [-0.15, -0.1) is 0 Å². The SMILES string of the molecule is C=Cc1c2[nH]c(c1C)/C=C1\N/C(=C3\c4[nH]c(c(C)c4C(=O)[C@@H]3C(=O)OC)/C=c3\[nH]/c(c(C)c3CC)=C\2)[C@@H](CCC(=O)OCCC(C)CCCCC)[C@@H]1C. The summed E-state index contributed by atoms with van der Waals surface area (Å²) in [4.78, 5) is 51.9. The van der Waals surface area contributed by atoms with E-state index in [2.05, 4.69) is 86.6 Å². The summed E-state index contributed by atoms with van der Waals surface area (Å²) in [7, 11) is 1.32. The van der Waals surface area contributed by atoms with E-state index in [9.17, 15) is 14.4 Å². The Balaban J connectivity index is 1.48. The number of fused-ring (bicyclic) bond motifs is 7. The molecule has 282 valence electrons. The van der Waals surface area contributed by atoms with E-state index in [1.54, 1.807) is 0 Å². The minimum Gasteiger partial charge on any atom is -0.468 e. The van der Waals surface area contributed by atoms with Gasteiger partial charge in [0.2, 0.25) is 0 Å².